The number of hydrogen-bond donors (Lipinski definition) is 1. The first-order valence-electron chi connectivity index (χ1n) is 3.51. The van der Waals surface area contributed by atoms with Crippen LogP contribution in [0, 0.1) is 11.8 Å². The van der Waals surface area contributed by atoms with Gasteiger partial charge < -0.3 is 5.11 Å². The second-order valence-corrected chi connectivity index (χ2v) is 2.65. The van der Waals surface area contributed by atoms with E-state index < -0.39 is 5.97 Å². The van der Waals surface area contributed by atoms with E-state index in [2.05, 4.69) is 27.8 Å². The van der Waals surface area contributed by atoms with Crippen LogP contribution in [0.1, 0.15) is 25.7 Å². The number of halogens is 1. The molecule has 2 nitrogen and oxygen atoms in total. The molecular weight excluding hydrogens is 208 g/mol. The van der Waals surface area contributed by atoms with Gasteiger partial charge >= 0.3 is 5.97 Å². The molecule has 0 aromatic carbocycles. The maximum Gasteiger partial charge on any atom is 0.303 e. The average molecular weight is 219 g/mol. The Morgan fingerprint density at radius 1 is 1.36 bits per heavy atom. The van der Waals surface area contributed by atoms with Crippen LogP contribution in [-0.2, 0) is 4.79 Å². The first kappa shape index (κ1) is 10.5. The highest BCUT2D eigenvalue weighted by atomic mass is 79.9. The van der Waals surface area contributed by atoms with E-state index in [1.54, 1.807) is 0 Å². The lowest BCUT2D eigenvalue weighted by molar-refractivity contribution is -0.137. The van der Waals surface area contributed by atoms with Gasteiger partial charge in [-0.1, -0.05) is 21.9 Å². The van der Waals surface area contributed by atoms with E-state index in [0.29, 0.717) is 5.33 Å². The van der Waals surface area contributed by atoms with Crippen molar-refractivity contribution in [1.82, 2.24) is 0 Å². The molecule has 0 atom stereocenters. The van der Waals surface area contributed by atoms with Crippen LogP contribution in [0.3, 0.4) is 0 Å². The molecule has 0 aromatic rings. The number of rotatable bonds is 4. The molecule has 0 spiro atoms. The fourth-order valence-electron chi connectivity index (χ4n) is 0.625. The van der Waals surface area contributed by atoms with E-state index >= 15 is 0 Å². The molecule has 0 saturated heterocycles. The van der Waals surface area contributed by atoms with Crippen LogP contribution in [0.2, 0.25) is 0 Å². The molecule has 0 rings (SSSR count). The Morgan fingerprint density at radius 2 is 2.09 bits per heavy atom. The molecule has 0 aliphatic carbocycles. The SMILES string of the molecule is O=C(O)CCCCC#CCBr. The van der Waals surface area contributed by atoms with E-state index in [1.165, 1.54) is 0 Å². The summed E-state index contributed by atoms with van der Waals surface area (Å²) in [5, 5.41) is 8.97. The van der Waals surface area contributed by atoms with E-state index in [1.807, 2.05) is 0 Å². The van der Waals surface area contributed by atoms with Gasteiger partial charge in [-0.25, -0.2) is 0 Å². The zero-order chi connectivity index (χ0) is 8.53. The Labute approximate surface area is 75.1 Å². The van der Waals surface area contributed by atoms with Gasteiger partial charge in [0.25, 0.3) is 0 Å². The second kappa shape index (κ2) is 7.62. The number of alkyl halides is 1. The summed E-state index contributed by atoms with van der Waals surface area (Å²) in [4.78, 5) is 10.0. The molecular formula is C8H11BrO2. The minimum absolute atomic E-state index is 0.260. The average Bonchev–Trinajstić information content (AvgIpc) is 1.96. The van der Waals surface area contributed by atoms with Gasteiger partial charge in [0.2, 0.25) is 0 Å². The van der Waals surface area contributed by atoms with Crippen molar-refractivity contribution < 1.29 is 9.90 Å². The third kappa shape index (κ3) is 9.51. The Bertz CT molecular complexity index is 167. The standard InChI is InChI=1S/C8H11BrO2/c9-7-5-3-1-2-4-6-8(10)11/h1-2,4,6-7H2,(H,10,11). The predicted molar refractivity (Wildman–Crippen MR) is 47.7 cm³/mol. The third-order valence-corrected chi connectivity index (χ3v) is 1.41. The Hall–Kier alpha value is -0.490. The van der Waals surface area contributed by atoms with Gasteiger partial charge in [0, 0.05) is 12.8 Å². The molecule has 0 bridgehead atoms. The molecule has 1 N–H and O–H groups in total. The molecule has 3 heteroatoms. The van der Waals surface area contributed by atoms with Gasteiger partial charge in [-0.2, -0.15) is 0 Å². The second-order valence-electron chi connectivity index (χ2n) is 2.09. The highest BCUT2D eigenvalue weighted by molar-refractivity contribution is 9.09. The first-order chi connectivity index (χ1) is 5.27. The van der Waals surface area contributed by atoms with E-state index in [9.17, 15) is 4.79 Å². The summed E-state index contributed by atoms with van der Waals surface area (Å²) in [5.74, 6) is 5.05. The van der Waals surface area contributed by atoms with E-state index in [0.717, 1.165) is 19.3 Å². The van der Waals surface area contributed by atoms with Gasteiger partial charge in [-0.05, 0) is 12.8 Å². The summed E-state index contributed by atoms with van der Waals surface area (Å²) >= 11 is 3.17. The van der Waals surface area contributed by atoms with Gasteiger partial charge in [0.1, 0.15) is 0 Å². The summed E-state index contributed by atoms with van der Waals surface area (Å²) in [6.45, 7) is 0. The van der Waals surface area contributed by atoms with Crippen LogP contribution in [0.4, 0.5) is 0 Å². The van der Waals surface area contributed by atoms with Crippen LogP contribution in [-0.4, -0.2) is 16.4 Å². The number of unbranched alkanes of at least 4 members (excludes halogenated alkanes) is 2. The van der Waals surface area contributed by atoms with Gasteiger partial charge in [-0.15, -0.1) is 5.92 Å². The third-order valence-electron chi connectivity index (χ3n) is 1.13. The van der Waals surface area contributed by atoms with Crippen LogP contribution in [0.5, 0.6) is 0 Å². The topological polar surface area (TPSA) is 37.3 Å². The van der Waals surface area contributed by atoms with Crippen molar-refractivity contribution in [2.24, 2.45) is 0 Å². The molecule has 0 heterocycles. The van der Waals surface area contributed by atoms with Gasteiger partial charge in [0.05, 0.1) is 5.33 Å². The summed E-state index contributed by atoms with van der Waals surface area (Å²) in [7, 11) is 0. The highest BCUT2D eigenvalue weighted by Gasteiger charge is 1.93. The molecule has 62 valence electrons. The molecule has 0 radical (unpaired) electrons. The maximum atomic E-state index is 10.0. The number of aliphatic carboxylic acids is 1. The minimum Gasteiger partial charge on any atom is -0.481 e. The monoisotopic (exact) mass is 218 g/mol. The molecule has 0 unspecified atom stereocenters. The maximum absolute atomic E-state index is 10.0. The van der Waals surface area contributed by atoms with Crippen molar-refractivity contribution in [2.75, 3.05) is 5.33 Å². The zero-order valence-electron chi connectivity index (χ0n) is 6.27. The number of carbonyl (C=O) groups is 1. The van der Waals surface area contributed by atoms with Crippen molar-refractivity contribution in [3.63, 3.8) is 0 Å². The molecule has 0 saturated carbocycles. The summed E-state index contributed by atoms with van der Waals surface area (Å²) in [6.07, 6.45) is 2.67. The van der Waals surface area contributed by atoms with Crippen LogP contribution < -0.4 is 0 Å². The van der Waals surface area contributed by atoms with Crippen LogP contribution in [0.15, 0.2) is 0 Å². The smallest absolute Gasteiger partial charge is 0.303 e. The summed E-state index contributed by atoms with van der Waals surface area (Å²) in [5.41, 5.74) is 0. The lowest BCUT2D eigenvalue weighted by Crippen LogP contribution is -1.92. The largest absolute Gasteiger partial charge is 0.481 e. The number of carboxylic acids is 1. The summed E-state index contributed by atoms with van der Waals surface area (Å²) < 4.78 is 0. The quantitative estimate of drug-likeness (QED) is 0.446. The van der Waals surface area contributed by atoms with Gasteiger partial charge in [0.15, 0.2) is 0 Å². The minimum atomic E-state index is -0.724. The zero-order valence-corrected chi connectivity index (χ0v) is 7.85. The van der Waals surface area contributed by atoms with E-state index in [4.69, 9.17) is 5.11 Å². The van der Waals surface area contributed by atoms with Crippen molar-refractivity contribution in [3.8, 4) is 11.8 Å². The van der Waals surface area contributed by atoms with Crippen molar-refractivity contribution >= 4 is 21.9 Å². The first-order valence-corrected chi connectivity index (χ1v) is 4.63. The Kier molecular flexibility index (Phi) is 7.28. The van der Waals surface area contributed by atoms with Crippen molar-refractivity contribution in [1.29, 1.82) is 0 Å². The van der Waals surface area contributed by atoms with Crippen molar-refractivity contribution in [2.45, 2.75) is 25.7 Å². The van der Waals surface area contributed by atoms with E-state index in [-0.39, 0.29) is 6.42 Å². The normalized spacial score (nSPS) is 8.45. The molecule has 0 fully saturated rings. The van der Waals surface area contributed by atoms with Crippen LogP contribution in [0.25, 0.3) is 0 Å². The lowest BCUT2D eigenvalue weighted by Gasteiger charge is -1.90. The fourth-order valence-corrected chi connectivity index (χ4v) is 0.823. The number of carboxylic acid groups (broad SMARTS) is 1. The molecule has 0 aliphatic rings. The molecule has 0 aromatic heterocycles. The van der Waals surface area contributed by atoms with Crippen molar-refractivity contribution in [3.05, 3.63) is 0 Å². The fraction of sp³-hybridized carbons (Fsp3) is 0.625. The lowest BCUT2D eigenvalue weighted by atomic mass is 10.2. The molecule has 0 amide bonds. The predicted octanol–water partition coefficient (Wildman–Crippen LogP) is 2.03. The molecule has 11 heavy (non-hydrogen) atoms. The van der Waals surface area contributed by atoms with Crippen LogP contribution >= 0.6 is 15.9 Å². The highest BCUT2D eigenvalue weighted by Crippen LogP contribution is 1.98. The summed E-state index contributed by atoms with van der Waals surface area (Å²) in [6, 6.07) is 0. The Balaban J connectivity index is 3.08. The number of hydrogen-bond acceptors (Lipinski definition) is 1. The molecule has 0 aliphatic heterocycles. The Morgan fingerprint density at radius 3 is 2.64 bits per heavy atom. The van der Waals surface area contributed by atoms with Gasteiger partial charge in [-0.3, -0.25) is 4.79 Å².